The molecule has 11 N–H and O–H groups in total. The second kappa shape index (κ2) is 8.87. The fourth-order valence-corrected chi connectivity index (χ4v) is 3.70. The van der Waals surface area contributed by atoms with Crippen molar-refractivity contribution in [1.82, 2.24) is 4.72 Å². The van der Waals surface area contributed by atoms with Gasteiger partial charge in [-0.3, -0.25) is 33.5 Å². The van der Waals surface area contributed by atoms with Crippen LogP contribution in [0.4, 0.5) is 0 Å². The Morgan fingerprint density at radius 1 is 0.969 bits per heavy atom. The van der Waals surface area contributed by atoms with Gasteiger partial charge in [-0.15, -0.1) is 6.42 Å². The van der Waals surface area contributed by atoms with E-state index in [1.54, 1.807) is 0 Å². The van der Waals surface area contributed by atoms with Crippen LogP contribution in [-0.2, 0) is 43.5 Å². The molecular formula is C16H18N6O9S. The summed E-state index contributed by atoms with van der Waals surface area (Å²) in [4.78, 5) is 74.4. The van der Waals surface area contributed by atoms with E-state index < -0.39 is 85.9 Å². The van der Waals surface area contributed by atoms with Crippen LogP contribution in [0.3, 0.4) is 0 Å². The number of hydrogen-bond acceptors (Lipinski definition) is 9. The number of nitrogens with two attached hydrogens (primary N) is 5. The largest absolute Gasteiger partial charge is 0.367 e. The molecule has 16 heteroatoms. The first-order chi connectivity index (χ1) is 14.5. The van der Waals surface area contributed by atoms with Gasteiger partial charge in [0.1, 0.15) is 12.5 Å². The highest BCUT2D eigenvalue weighted by atomic mass is 32.2. The van der Waals surface area contributed by atoms with E-state index in [0.717, 1.165) is 0 Å². The van der Waals surface area contributed by atoms with Crippen LogP contribution >= 0.6 is 0 Å². The summed E-state index contributed by atoms with van der Waals surface area (Å²) in [5, 5.41) is 0. The molecule has 1 aliphatic carbocycles. The zero-order valence-electron chi connectivity index (χ0n) is 16.3. The van der Waals surface area contributed by atoms with Gasteiger partial charge < -0.3 is 33.4 Å². The van der Waals surface area contributed by atoms with Gasteiger partial charge in [-0.2, -0.15) is 0 Å². The van der Waals surface area contributed by atoms with Crippen molar-refractivity contribution in [2.24, 2.45) is 34.6 Å². The van der Waals surface area contributed by atoms with Crippen molar-refractivity contribution in [3.8, 4) is 12.3 Å². The molecule has 0 saturated heterocycles. The standard InChI is InChI=1S/C16H18N6O9S/c1-3-4-31-16(15(21)28)8(13(20)26)6(11(18)24)5(10(17)23)7(12(19)25)9(16)14(27)22-32(2,29)30/h1,9H,4H2,2H3,(H2,17,23)(H2,18,24)(H2,19,25)(H2,20,26)(H2,21,28)(H,22,27). The second-order valence-corrected chi connectivity index (χ2v) is 8.01. The zero-order valence-corrected chi connectivity index (χ0v) is 17.1. The molecule has 6 amide bonds. The van der Waals surface area contributed by atoms with E-state index in [4.69, 9.17) is 39.8 Å². The van der Waals surface area contributed by atoms with Crippen molar-refractivity contribution in [2.45, 2.75) is 5.60 Å². The van der Waals surface area contributed by atoms with Crippen LogP contribution in [-0.4, -0.2) is 62.3 Å². The summed E-state index contributed by atoms with van der Waals surface area (Å²) in [5.74, 6) is -10.7. The van der Waals surface area contributed by atoms with Gasteiger partial charge in [0.25, 0.3) is 5.91 Å². The Morgan fingerprint density at radius 3 is 1.78 bits per heavy atom. The second-order valence-electron chi connectivity index (χ2n) is 6.26. The Kier molecular flexibility index (Phi) is 7.15. The summed E-state index contributed by atoms with van der Waals surface area (Å²) in [5.41, 5.74) is 18.3. The first-order valence-electron chi connectivity index (χ1n) is 8.11. The number of nitrogens with one attached hydrogen (secondary N) is 1. The Balaban J connectivity index is 4.46. The number of carbonyl (C=O) groups is 6. The SMILES string of the molecule is C#CCOC1(C(N)=O)C(C(N)=O)=C(C(N)=O)C(C(N)=O)=C(C(N)=O)C1C(=O)NS(C)(=O)=O. The third-order valence-electron chi connectivity index (χ3n) is 4.14. The van der Waals surface area contributed by atoms with Crippen molar-refractivity contribution < 1.29 is 41.9 Å². The van der Waals surface area contributed by atoms with Gasteiger partial charge in [-0.05, 0) is 0 Å². The lowest BCUT2D eigenvalue weighted by Crippen LogP contribution is -2.64. The normalized spacial score (nSPS) is 20.8. The Morgan fingerprint density at radius 2 is 1.47 bits per heavy atom. The fourth-order valence-electron chi connectivity index (χ4n) is 3.22. The predicted molar refractivity (Wildman–Crippen MR) is 104 cm³/mol. The summed E-state index contributed by atoms with van der Waals surface area (Å²) in [6.07, 6.45) is 5.61. The smallest absolute Gasteiger partial charge is 0.255 e. The maximum absolute atomic E-state index is 12.9. The molecule has 1 rings (SSSR count). The summed E-state index contributed by atoms with van der Waals surface area (Å²) >= 11 is 0. The van der Waals surface area contributed by atoms with Crippen molar-refractivity contribution in [3.63, 3.8) is 0 Å². The van der Waals surface area contributed by atoms with E-state index in [1.807, 2.05) is 5.92 Å². The lowest BCUT2D eigenvalue weighted by Gasteiger charge is -2.41. The molecule has 0 radical (unpaired) electrons. The van der Waals surface area contributed by atoms with Gasteiger partial charge in [0, 0.05) is 5.57 Å². The van der Waals surface area contributed by atoms with Crippen LogP contribution in [0.2, 0.25) is 0 Å². The van der Waals surface area contributed by atoms with Crippen LogP contribution < -0.4 is 33.4 Å². The molecule has 0 fully saturated rings. The molecular weight excluding hydrogens is 452 g/mol. The summed E-state index contributed by atoms with van der Waals surface area (Å²) in [7, 11) is -4.39. The summed E-state index contributed by atoms with van der Waals surface area (Å²) in [6.45, 7) is -0.896. The number of rotatable bonds is 9. The van der Waals surface area contributed by atoms with Gasteiger partial charge >= 0.3 is 0 Å². The Labute approximate surface area is 180 Å². The van der Waals surface area contributed by atoms with E-state index in [-0.39, 0.29) is 0 Å². The number of primary amides is 5. The van der Waals surface area contributed by atoms with Gasteiger partial charge in [0.2, 0.25) is 39.6 Å². The van der Waals surface area contributed by atoms with Crippen LogP contribution in [0.5, 0.6) is 0 Å². The van der Waals surface area contributed by atoms with Gasteiger partial charge in [0.05, 0.1) is 23.0 Å². The number of sulfonamides is 1. The van der Waals surface area contributed by atoms with Crippen LogP contribution in [0.15, 0.2) is 22.3 Å². The molecule has 0 aromatic carbocycles. The highest BCUT2D eigenvalue weighted by molar-refractivity contribution is 7.89. The number of amides is 6. The molecule has 0 heterocycles. The number of ether oxygens (including phenoxy) is 1. The topological polar surface area (TPSA) is 288 Å². The van der Waals surface area contributed by atoms with Gasteiger partial charge in [-0.25, -0.2) is 8.42 Å². The molecule has 2 unspecified atom stereocenters. The van der Waals surface area contributed by atoms with Crippen molar-refractivity contribution in [2.75, 3.05) is 12.9 Å². The minimum atomic E-state index is -4.39. The third-order valence-corrected chi connectivity index (χ3v) is 4.71. The minimum Gasteiger partial charge on any atom is -0.367 e. The molecule has 0 aromatic rings. The molecule has 0 spiro atoms. The van der Waals surface area contributed by atoms with Crippen molar-refractivity contribution in [3.05, 3.63) is 22.3 Å². The molecule has 0 aromatic heterocycles. The molecule has 2 atom stereocenters. The molecule has 0 bridgehead atoms. The Bertz CT molecular complexity index is 1160. The third kappa shape index (κ3) is 4.43. The quantitative estimate of drug-likeness (QED) is 0.175. The summed E-state index contributed by atoms with van der Waals surface area (Å²) < 4.78 is 29.9. The van der Waals surface area contributed by atoms with Gasteiger partial charge in [-0.1, -0.05) is 5.92 Å². The first kappa shape index (κ1) is 25.8. The average molecular weight is 470 g/mol. The van der Waals surface area contributed by atoms with E-state index in [0.29, 0.717) is 6.26 Å². The number of carbonyl (C=O) groups excluding carboxylic acids is 6. The maximum atomic E-state index is 12.9. The predicted octanol–water partition coefficient (Wildman–Crippen LogP) is -5.90. The molecule has 32 heavy (non-hydrogen) atoms. The Hall–Kier alpha value is -4.23. The van der Waals surface area contributed by atoms with Crippen molar-refractivity contribution in [1.29, 1.82) is 0 Å². The first-order valence-corrected chi connectivity index (χ1v) is 10.0. The minimum absolute atomic E-state index is 0.518. The van der Waals surface area contributed by atoms with Crippen LogP contribution in [0.25, 0.3) is 0 Å². The van der Waals surface area contributed by atoms with E-state index >= 15 is 0 Å². The van der Waals surface area contributed by atoms with Crippen LogP contribution in [0.1, 0.15) is 0 Å². The molecule has 0 saturated carbocycles. The lowest BCUT2D eigenvalue weighted by molar-refractivity contribution is -0.152. The molecule has 172 valence electrons. The van der Waals surface area contributed by atoms with Gasteiger partial charge in [0.15, 0.2) is 5.60 Å². The fraction of sp³-hybridized carbons (Fsp3) is 0.250. The van der Waals surface area contributed by atoms with E-state index in [2.05, 4.69) is 0 Å². The monoisotopic (exact) mass is 470 g/mol. The maximum Gasteiger partial charge on any atom is 0.255 e. The highest BCUT2D eigenvalue weighted by Crippen LogP contribution is 2.44. The van der Waals surface area contributed by atoms with Crippen molar-refractivity contribution >= 4 is 45.5 Å². The van der Waals surface area contributed by atoms with E-state index in [9.17, 15) is 37.2 Å². The molecule has 0 aliphatic heterocycles. The van der Waals surface area contributed by atoms with Crippen LogP contribution in [0, 0.1) is 18.3 Å². The molecule has 15 nitrogen and oxygen atoms in total. The number of hydrogen-bond donors (Lipinski definition) is 6. The highest BCUT2D eigenvalue weighted by Gasteiger charge is 2.62. The average Bonchev–Trinajstić information content (AvgIpc) is 2.61. The lowest BCUT2D eigenvalue weighted by atomic mass is 9.66. The zero-order chi connectivity index (χ0) is 25.2. The molecule has 1 aliphatic rings. The summed E-state index contributed by atoms with van der Waals surface area (Å²) in [6, 6.07) is 0. The van der Waals surface area contributed by atoms with E-state index in [1.165, 1.54) is 4.72 Å². The number of terminal acetylenes is 1.